The highest BCUT2D eigenvalue weighted by atomic mass is 35.5. The molecule has 6 heteroatoms. The van der Waals surface area contributed by atoms with E-state index in [-0.39, 0.29) is 17.2 Å². The number of halogens is 4. The van der Waals surface area contributed by atoms with E-state index in [1.54, 1.807) is 0 Å². The van der Waals surface area contributed by atoms with Gasteiger partial charge in [-0.1, -0.05) is 17.7 Å². The summed E-state index contributed by atoms with van der Waals surface area (Å²) in [6.07, 6.45) is 0. The average Bonchev–Trinajstić information content (AvgIpc) is 2.39. The Bertz CT molecular complexity index is 609. The summed E-state index contributed by atoms with van der Waals surface area (Å²) in [4.78, 5) is 0. The summed E-state index contributed by atoms with van der Waals surface area (Å²) in [5.74, 6) is -2.93. The standard InChI is InChI=1S/C14H10ClF3O2/c15-11-5-10(16)2-1-9(11)7-20-14-12(17)3-8(6-19)4-13(14)18/h1-5,19H,6-7H2. The molecule has 0 heterocycles. The zero-order valence-electron chi connectivity index (χ0n) is 10.2. The summed E-state index contributed by atoms with van der Waals surface area (Å²) < 4.78 is 45.1. The van der Waals surface area contributed by atoms with Crippen molar-refractivity contribution in [2.45, 2.75) is 13.2 Å². The minimum absolute atomic E-state index is 0.104. The Morgan fingerprint density at radius 1 is 1.05 bits per heavy atom. The van der Waals surface area contributed by atoms with Gasteiger partial charge in [0.2, 0.25) is 0 Å². The lowest BCUT2D eigenvalue weighted by Crippen LogP contribution is -2.02. The number of ether oxygens (including phenoxy) is 1. The molecule has 0 saturated carbocycles. The highest BCUT2D eigenvalue weighted by molar-refractivity contribution is 6.31. The van der Waals surface area contributed by atoms with E-state index >= 15 is 0 Å². The first kappa shape index (κ1) is 14.7. The zero-order chi connectivity index (χ0) is 14.7. The maximum atomic E-state index is 13.6. The molecule has 0 saturated heterocycles. The summed E-state index contributed by atoms with van der Waals surface area (Å²) in [6, 6.07) is 5.58. The monoisotopic (exact) mass is 302 g/mol. The number of rotatable bonds is 4. The molecule has 0 amide bonds. The van der Waals surface area contributed by atoms with Gasteiger partial charge in [-0.05, 0) is 29.8 Å². The van der Waals surface area contributed by atoms with Gasteiger partial charge in [-0.15, -0.1) is 0 Å². The van der Waals surface area contributed by atoms with Crippen LogP contribution < -0.4 is 4.74 Å². The first-order valence-corrected chi connectivity index (χ1v) is 6.04. The molecule has 2 aromatic rings. The maximum Gasteiger partial charge on any atom is 0.191 e. The Labute approximate surface area is 118 Å². The van der Waals surface area contributed by atoms with Crippen LogP contribution in [0.25, 0.3) is 0 Å². The predicted molar refractivity (Wildman–Crippen MR) is 68.0 cm³/mol. The van der Waals surface area contributed by atoms with Crippen LogP contribution in [0.3, 0.4) is 0 Å². The lowest BCUT2D eigenvalue weighted by atomic mass is 10.2. The summed E-state index contributed by atoms with van der Waals surface area (Å²) in [5, 5.41) is 8.93. The smallest absolute Gasteiger partial charge is 0.191 e. The van der Waals surface area contributed by atoms with E-state index in [0.717, 1.165) is 18.2 Å². The van der Waals surface area contributed by atoms with E-state index in [1.165, 1.54) is 12.1 Å². The molecule has 2 aromatic carbocycles. The Hall–Kier alpha value is -1.72. The van der Waals surface area contributed by atoms with E-state index < -0.39 is 29.8 Å². The van der Waals surface area contributed by atoms with Crippen LogP contribution in [0.1, 0.15) is 11.1 Å². The van der Waals surface area contributed by atoms with Gasteiger partial charge in [-0.2, -0.15) is 0 Å². The fraction of sp³-hybridized carbons (Fsp3) is 0.143. The number of hydrogen-bond acceptors (Lipinski definition) is 2. The van der Waals surface area contributed by atoms with Crippen LogP contribution in [0.4, 0.5) is 13.2 Å². The Kier molecular flexibility index (Phi) is 4.52. The van der Waals surface area contributed by atoms with Crippen LogP contribution in [-0.4, -0.2) is 5.11 Å². The second kappa shape index (κ2) is 6.15. The fourth-order valence-corrected chi connectivity index (χ4v) is 1.85. The van der Waals surface area contributed by atoms with Crippen molar-refractivity contribution in [2.75, 3.05) is 0 Å². The first-order chi connectivity index (χ1) is 9.51. The second-order valence-corrected chi connectivity index (χ2v) is 4.48. The van der Waals surface area contributed by atoms with E-state index in [1.807, 2.05) is 0 Å². The van der Waals surface area contributed by atoms with Crippen LogP contribution in [0.5, 0.6) is 5.75 Å². The molecule has 0 aliphatic rings. The first-order valence-electron chi connectivity index (χ1n) is 5.66. The Morgan fingerprint density at radius 3 is 2.25 bits per heavy atom. The quantitative estimate of drug-likeness (QED) is 0.930. The topological polar surface area (TPSA) is 29.5 Å². The van der Waals surface area contributed by atoms with Gasteiger partial charge >= 0.3 is 0 Å². The molecule has 0 spiro atoms. The number of benzene rings is 2. The van der Waals surface area contributed by atoms with Gasteiger partial charge in [0.15, 0.2) is 17.4 Å². The molecule has 0 fully saturated rings. The number of hydrogen-bond donors (Lipinski definition) is 1. The highest BCUT2D eigenvalue weighted by Crippen LogP contribution is 2.26. The fourth-order valence-electron chi connectivity index (χ4n) is 1.63. The van der Waals surface area contributed by atoms with Crippen molar-refractivity contribution >= 4 is 11.6 Å². The molecule has 0 radical (unpaired) electrons. The van der Waals surface area contributed by atoms with Crippen molar-refractivity contribution in [3.05, 3.63) is 63.9 Å². The number of aliphatic hydroxyl groups excluding tert-OH is 1. The zero-order valence-corrected chi connectivity index (χ0v) is 10.9. The van der Waals surface area contributed by atoms with Gasteiger partial charge in [-0.3, -0.25) is 0 Å². The van der Waals surface area contributed by atoms with Crippen molar-refractivity contribution in [2.24, 2.45) is 0 Å². The summed E-state index contributed by atoms with van der Waals surface area (Å²) in [7, 11) is 0. The normalized spacial score (nSPS) is 10.7. The van der Waals surface area contributed by atoms with Gasteiger partial charge in [0.1, 0.15) is 12.4 Å². The highest BCUT2D eigenvalue weighted by Gasteiger charge is 2.13. The van der Waals surface area contributed by atoms with Gasteiger partial charge < -0.3 is 9.84 Å². The van der Waals surface area contributed by atoms with Crippen molar-refractivity contribution in [1.29, 1.82) is 0 Å². The molecule has 0 aliphatic heterocycles. The maximum absolute atomic E-state index is 13.6. The lowest BCUT2D eigenvalue weighted by molar-refractivity contribution is 0.266. The van der Waals surface area contributed by atoms with Gasteiger partial charge in [-0.25, -0.2) is 13.2 Å². The van der Waals surface area contributed by atoms with Crippen molar-refractivity contribution in [3.8, 4) is 5.75 Å². The molecule has 106 valence electrons. The molecule has 0 bridgehead atoms. The minimum Gasteiger partial charge on any atom is -0.483 e. The largest absolute Gasteiger partial charge is 0.483 e. The van der Waals surface area contributed by atoms with Crippen molar-refractivity contribution < 1.29 is 23.0 Å². The number of aliphatic hydroxyl groups is 1. The lowest BCUT2D eigenvalue weighted by Gasteiger charge is -2.10. The summed E-state index contributed by atoms with van der Waals surface area (Å²) in [5.41, 5.74) is 0.505. The molecular formula is C14H10ClF3O2. The van der Waals surface area contributed by atoms with E-state index in [9.17, 15) is 13.2 Å². The summed E-state index contributed by atoms with van der Waals surface area (Å²) in [6.45, 7) is -0.677. The van der Waals surface area contributed by atoms with Gasteiger partial charge in [0.05, 0.1) is 11.6 Å². The molecule has 2 nitrogen and oxygen atoms in total. The van der Waals surface area contributed by atoms with Crippen LogP contribution in [0.15, 0.2) is 30.3 Å². The van der Waals surface area contributed by atoms with Crippen LogP contribution in [0, 0.1) is 17.5 Å². The molecule has 2 rings (SSSR count). The van der Waals surface area contributed by atoms with Gasteiger partial charge in [0, 0.05) is 5.56 Å². The summed E-state index contributed by atoms with van der Waals surface area (Å²) >= 11 is 5.78. The van der Waals surface area contributed by atoms with E-state index in [2.05, 4.69) is 0 Å². The molecule has 1 N–H and O–H groups in total. The van der Waals surface area contributed by atoms with E-state index in [4.69, 9.17) is 21.4 Å². The van der Waals surface area contributed by atoms with Crippen LogP contribution >= 0.6 is 11.6 Å². The van der Waals surface area contributed by atoms with Crippen LogP contribution in [0.2, 0.25) is 5.02 Å². The molecule has 0 aliphatic carbocycles. The third-order valence-electron chi connectivity index (χ3n) is 2.63. The molecule has 0 aromatic heterocycles. The molecule has 0 atom stereocenters. The van der Waals surface area contributed by atoms with E-state index in [0.29, 0.717) is 5.56 Å². The van der Waals surface area contributed by atoms with Crippen molar-refractivity contribution in [1.82, 2.24) is 0 Å². The van der Waals surface area contributed by atoms with Crippen LogP contribution in [-0.2, 0) is 13.2 Å². The average molecular weight is 303 g/mol. The van der Waals surface area contributed by atoms with Gasteiger partial charge in [0.25, 0.3) is 0 Å². The van der Waals surface area contributed by atoms with Crippen molar-refractivity contribution in [3.63, 3.8) is 0 Å². The Balaban J connectivity index is 2.19. The molecule has 0 unspecified atom stereocenters. The molecular weight excluding hydrogens is 293 g/mol. The second-order valence-electron chi connectivity index (χ2n) is 4.07. The Morgan fingerprint density at radius 2 is 1.70 bits per heavy atom. The minimum atomic E-state index is -0.924. The third kappa shape index (κ3) is 3.23. The SMILES string of the molecule is OCc1cc(F)c(OCc2ccc(F)cc2Cl)c(F)c1. The molecule has 20 heavy (non-hydrogen) atoms. The predicted octanol–water partition coefficient (Wildman–Crippen LogP) is 3.83. The third-order valence-corrected chi connectivity index (χ3v) is 2.98.